The molecule has 28 heavy (non-hydrogen) atoms. The van der Waals surface area contributed by atoms with E-state index in [1.807, 2.05) is 0 Å². The van der Waals surface area contributed by atoms with E-state index >= 15 is 0 Å². The van der Waals surface area contributed by atoms with E-state index in [1.165, 1.54) is 11.0 Å². The molecular weight excluding hydrogens is 413 g/mol. The highest BCUT2D eigenvalue weighted by Gasteiger charge is 2.32. The Hall–Kier alpha value is -2.49. The zero-order valence-electron chi connectivity index (χ0n) is 14.7. The number of anilines is 1. The average molecular weight is 429 g/mol. The Morgan fingerprint density at radius 1 is 1.25 bits per heavy atom. The molecule has 148 valence electrons. The Morgan fingerprint density at radius 3 is 2.54 bits per heavy atom. The van der Waals surface area contributed by atoms with Crippen LogP contribution in [0.4, 0.5) is 14.7 Å². The van der Waals surface area contributed by atoms with Crippen LogP contribution in [0.1, 0.15) is 23.7 Å². The summed E-state index contributed by atoms with van der Waals surface area (Å²) in [4.78, 5) is 22.0. The monoisotopic (exact) mass is 428 g/mol. The summed E-state index contributed by atoms with van der Waals surface area (Å²) in [6.07, 6.45) is 2.27. The van der Waals surface area contributed by atoms with Gasteiger partial charge in [-0.2, -0.15) is 0 Å². The van der Waals surface area contributed by atoms with E-state index in [2.05, 4.69) is 9.97 Å². The fraction of sp³-hybridized carbons (Fsp3) is 0.235. The summed E-state index contributed by atoms with van der Waals surface area (Å²) in [5.41, 5.74) is 7.01. The van der Waals surface area contributed by atoms with Crippen LogP contribution in [-0.4, -0.2) is 33.4 Å². The topological polar surface area (TPSA) is 101 Å². The molecule has 0 saturated carbocycles. The number of benzene rings is 1. The number of carbonyl (C=O) groups is 1. The molecule has 0 radical (unpaired) electrons. The number of hydrogen-bond donors (Lipinski definition) is 2. The van der Waals surface area contributed by atoms with E-state index in [9.17, 15) is 13.6 Å². The third-order valence-corrected chi connectivity index (χ3v) is 5.23. The molecule has 0 spiro atoms. The summed E-state index contributed by atoms with van der Waals surface area (Å²) in [6.45, 7) is 1.85. The Morgan fingerprint density at radius 2 is 1.89 bits per heavy atom. The van der Waals surface area contributed by atoms with E-state index < -0.39 is 17.5 Å². The minimum atomic E-state index is -0.713. The first kappa shape index (κ1) is 20.2. The van der Waals surface area contributed by atoms with E-state index in [-0.39, 0.29) is 34.1 Å². The molecule has 4 N–H and O–H groups in total. The van der Waals surface area contributed by atoms with Crippen molar-refractivity contribution in [2.45, 2.75) is 19.4 Å². The van der Waals surface area contributed by atoms with Gasteiger partial charge in [-0.1, -0.05) is 23.2 Å². The number of nitrogens with two attached hydrogens (primary N) is 2. The minimum absolute atomic E-state index is 0.0511. The van der Waals surface area contributed by atoms with Crippen LogP contribution in [-0.2, 0) is 0 Å². The standard InChI is InChI=1S/C17H16Cl2F2N6O/c1-8-4-13(27(23)17-24-5-9(20)6-25-17)12(22)7-26(8)16(28)10-2-3-11(21)15(19)14(10)18/h2-3,5-6,8H,4,7,22-23H2,1H3/t8-/m1/s1. The van der Waals surface area contributed by atoms with Crippen molar-refractivity contribution in [3.05, 3.63) is 63.2 Å². The molecule has 0 unspecified atom stereocenters. The lowest BCUT2D eigenvalue weighted by Gasteiger charge is -2.37. The molecule has 7 nitrogen and oxygen atoms in total. The van der Waals surface area contributed by atoms with Crippen LogP contribution in [0.15, 0.2) is 35.9 Å². The van der Waals surface area contributed by atoms with Crippen LogP contribution in [0.3, 0.4) is 0 Å². The van der Waals surface area contributed by atoms with Gasteiger partial charge in [0.05, 0.1) is 40.2 Å². The third-order valence-electron chi connectivity index (χ3n) is 4.37. The lowest BCUT2D eigenvalue weighted by Crippen LogP contribution is -2.48. The summed E-state index contributed by atoms with van der Waals surface area (Å²) >= 11 is 11.8. The fourth-order valence-electron chi connectivity index (χ4n) is 2.87. The molecular formula is C17H16Cl2F2N6O. The maximum Gasteiger partial charge on any atom is 0.256 e. The van der Waals surface area contributed by atoms with Crippen molar-refractivity contribution in [1.29, 1.82) is 0 Å². The van der Waals surface area contributed by atoms with Crippen LogP contribution in [0.2, 0.25) is 10.0 Å². The largest absolute Gasteiger partial charge is 0.399 e. The molecule has 1 aromatic heterocycles. The number of rotatable bonds is 3. The van der Waals surface area contributed by atoms with Crippen LogP contribution < -0.4 is 16.6 Å². The summed E-state index contributed by atoms with van der Waals surface area (Å²) in [5, 5.41) is 0.685. The SMILES string of the molecule is C[C@@H]1CC(N(N)c2ncc(F)cn2)=C(N)CN1C(=O)c1ccc(F)c(Cl)c1Cl. The highest BCUT2D eigenvalue weighted by atomic mass is 35.5. The van der Waals surface area contributed by atoms with Crippen molar-refractivity contribution in [3.8, 4) is 0 Å². The lowest BCUT2D eigenvalue weighted by atomic mass is 10.0. The van der Waals surface area contributed by atoms with Crippen molar-refractivity contribution < 1.29 is 13.6 Å². The Balaban J connectivity index is 1.87. The molecule has 0 saturated heterocycles. The van der Waals surface area contributed by atoms with Gasteiger partial charge in [-0.3, -0.25) is 4.79 Å². The van der Waals surface area contributed by atoms with E-state index in [0.717, 1.165) is 23.5 Å². The number of halogens is 4. The smallest absolute Gasteiger partial charge is 0.256 e. The molecule has 1 atom stereocenters. The second-order valence-corrected chi connectivity index (χ2v) is 7.01. The predicted molar refractivity (Wildman–Crippen MR) is 101 cm³/mol. The van der Waals surface area contributed by atoms with E-state index in [1.54, 1.807) is 6.92 Å². The van der Waals surface area contributed by atoms with Gasteiger partial charge < -0.3 is 10.6 Å². The van der Waals surface area contributed by atoms with Crippen LogP contribution in [0.5, 0.6) is 0 Å². The van der Waals surface area contributed by atoms with Crippen LogP contribution in [0, 0.1) is 11.6 Å². The molecule has 0 aliphatic carbocycles. The summed E-state index contributed by atoms with van der Waals surface area (Å²) in [5.74, 6) is 4.35. The van der Waals surface area contributed by atoms with Gasteiger partial charge >= 0.3 is 0 Å². The Bertz CT molecular complexity index is 953. The van der Waals surface area contributed by atoms with Crippen molar-refractivity contribution in [2.24, 2.45) is 11.6 Å². The van der Waals surface area contributed by atoms with Gasteiger partial charge in [0.15, 0.2) is 5.82 Å². The summed E-state index contributed by atoms with van der Waals surface area (Å²) in [7, 11) is 0. The highest BCUT2D eigenvalue weighted by Crippen LogP contribution is 2.31. The molecule has 1 amide bonds. The number of amides is 1. The first-order valence-electron chi connectivity index (χ1n) is 8.15. The molecule has 11 heteroatoms. The third kappa shape index (κ3) is 3.73. The second kappa shape index (κ2) is 7.86. The minimum Gasteiger partial charge on any atom is -0.399 e. The fourth-order valence-corrected chi connectivity index (χ4v) is 3.27. The van der Waals surface area contributed by atoms with Crippen molar-refractivity contribution in [1.82, 2.24) is 14.9 Å². The van der Waals surface area contributed by atoms with Gasteiger partial charge in [0, 0.05) is 18.2 Å². The number of carbonyl (C=O) groups excluding carboxylic acids is 1. The summed E-state index contributed by atoms with van der Waals surface area (Å²) in [6, 6.07) is 2.03. The van der Waals surface area contributed by atoms with Gasteiger partial charge in [0.1, 0.15) is 5.82 Å². The Kier molecular flexibility index (Phi) is 5.69. The molecule has 2 heterocycles. The molecule has 0 fully saturated rings. The van der Waals surface area contributed by atoms with Gasteiger partial charge in [-0.05, 0) is 19.1 Å². The lowest BCUT2D eigenvalue weighted by molar-refractivity contribution is 0.0695. The number of aromatic nitrogens is 2. The first-order chi connectivity index (χ1) is 13.2. The maximum atomic E-state index is 13.5. The molecule has 0 bridgehead atoms. The van der Waals surface area contributed by atoms with Gasteiger partial charge in [0.25, 0.3) is 5.91 Å². The quantitative estimate of drug-likeness (QED) is 0.442. The zero-order chi connectivity index (χ0) is 20.6. The van der Waals surface area contributed by atoms with Gasteiger partial charge in [0.2, 0.25) is 5.95 Å². The van der Waals surface area contributed by atoms with Crippen molar-refractivity contribution >= 4 is 35.1 Å². The van der Waals surface area contributed by atoms with Gasteiger partial charge in [-0.25, -0.2) is 29.6 Å². The number of hydrogen-bond acceptors (Lipinski definition) is 6. The first-order valence-corrected chi connectivity index (χ1v) is 8.90. The molecule has 1 aliphatic rings. The van der Waals surface area contributed by atoms with Crippen molar-refractivity contribution in [3.63, 3.8) is 0 Å². The maximum absolute atomic E-state index is 13.5. The molecule has 2 aromatic rings. The zero-order valence-corrected chi connectivity index (χ0v) is 16.2. The average Bonchev–Trinajstić information content (AvgIpc) is 2.67. The highest BCUT2D eigenvalue weighted by molar-refractivity contribution is 6.44. The van der Waals surface area contributed by atoms with E-state index in [4.69, 9.17) is 34.8 Å². The van der Waals surface area contributed by atoms with E-state index in [0.29, 0.717) is 17.8 Å². The van der Waals surface area contributed by atoms with Crippen LogP contribution in [0.25, 0.3) is 0 Å². The Labute approximate surface area is 169 Å². The van der Waals surface area contributed by atoms with Crippen molar-refractivity contribution in [2.75, 3.05) is 11.6 Å². The predicted octanol–water partition coefficient (Wildman–Crippen LogP) is 2.85. The van der Waals surface area contributed by atoms with Gasteiger partial charge in [-0.15, -0.1) is 0 Å². The molecule has 1 aromatic carbocycles. The molecule has 1 aliphatic heterocycles. The number of hydrazine groups is 1. The summed E-state index contributed by atoms with van der Waals surface area (Å²) < 4.78 is 26.5. The van der Waals surface area contributed by atoms with Crippen LogP contribution >= 0.6 is 23.2 Å². The normalized spacial score (nSPS) is 17.1. The number of nitrogens with zero attached hydrogens (tertiary/aromatic N) is 4. The molecule has 3 rings (SSSR count). The second-order valence-electron chi connectivity index (χ2n) is 6.25.